The van der Waals surface area contributed by atoms with Gasteiger partial charge in [-0.15, -0.1) is 5.10 Å². The van der Waals surface area contributed by atoms with Crippen LogP contribution in [0.4, 0.5) is 10.6 Å². The van der Waals surface area contributed by atoms with Crippen molar-refractivity contribution < 1.29 is 4.79 Å². The second kappa shape index (κ2) is 8.09. The molecule has 1 aliphatic heterocycles. The lowest BCUT2D eigenvalue weighted by atomic mass is 10.1. The van der Waals surface area contributed by atoms with E-state index in [1.807, 2.05) is 6.07 Å². The van der Waals surface area contributed by atoms with Crippen LogP contribution in [0, 0.1) is 0 Å². The summed E-state index contributed by atoms with van der Waals surface area (Å²) < 4.78 is 1.55. The molecule has 1 aromatic carbocycles. The summed E-state index contributed by atoms with van der Waals surface area (Å²) in [6.45, 7) is 4.44. The number of hydrogen-bond donors (Lipinski definition) is 2. The van der Waals surface area contributed by atoms with Crippen molar-refractivity contribution in [2.75, 3.05) is 38.5 Å². The van der Waals surface area contributed by atoms with Crippen LogP contribution in [0.3, 0.4) is 0 Å². The van der Waals surface area contributed by atoms with Gasteiger partial charge in [-0.25, -0.2) is 4.79 Å². The molecule has 8 nitrogen and oxygen atoms in total. The first-order chi connectivity index (χ1) is 12.1. The van der Waals surface area contributed by atoms with Crippen molar-refractivity contribution in [3.05, 3.63) is 42.1 Å². The summed E-state index contributed by atoms with van der Waals surface area (Å²) in [6.07, 6.45) is 1.66. The minimum Gasteiger partial charge on any atom is -0.336 e. The molecule has 2 aromatic rings. The Morgan fingerprint density at radius 3 is 2.76 bits per heavy atom. The summed E-state index contributed by atoms with van der Waals surface area (Å²) >= 11 is 0. The number of aryl methyl sites for hydroxylation is 1. The number of urea groups is 1. The summed E-state index contributed by atoms with van der Waals surface area (Å²) in [5, 5.41) is 13.3. The number of rotatable bonds is 5. The molecule has 0 aliphatic carbocycles. The van der Waals surface area contributed by atoms with Gasteiger partial charge in [-0.05, 0) is 12.6 Å². The molecule has 3 rings (SSSR count). The third kappa shape index (κ3) is 5.01. The first kappa shape index (κ1) is 17.4. The van der Waals surface area contributed by atoms with Gasteiger partial charge in [0.2, 0.25) is 0 Å². The summed E-state index contributed by atoms with van der Waals surface area (Å²) in [5.41, 5.74) is 1.29. The molecular weight excluding hydrogens is 318 g/mol. The molecule has 0 bridgehead atoms. The van der Waals surface area contributed by atoms with Crippen LogP contribution in [-0.2, 0) is 13.6 Å². The van der Waals surface area contributed by atoms with Crippen molar-refractivity contribution >= 4 is 11.8 Å². The predicted molar refractivity (Wildman–Crippen MR) is 96.2 cm³/mol. The Hall–Kier alpha value is -2.45. The van der Waals surface area contributed by atoms with E-state index in [9.17, 15) is 4.79 Å². The van der Waals surface area contributed by atoms with Gasteiger partial charge in [0.05, 0.1) is 6.20 Å². The summed E-state index contributed by atoms with van der Waals surface area (Å²) in [4.78, 5) is 16.8. The Bertz CT molecular complexity index is 687. The largest absolute Gasteiger partial charge is 0.336 e. The quantitative estimate of drug-likeness (QED) is 0.838. The standard InChI is InChI=1S/C17H25N7O/c1-22-8-9-24(11-14-6-4-3-5-7-14)15(12-22)10-18-17(25)19-16-13-23(2)21-20-16/h3-7,13,15H,8-12H2,1-2H3,(H2,18,19,25). The molecule has 0 saturated carbocycles. The maximum absolute atomic E-state index is 12.1. The number of aromatic nitrogens is 3. The van der Waals surface area contributed by atoms with E-state index in [-0.39, 0.29) is 12.1 Å². The van der Waals surface area contributed by atoms with E-state index < -0.39 is 0 Å². The van der Waals surface area contributed by atoms with Crippen LogP contribution in [0.25, 0.3) is 0 Å². The number of carbonyl (C=O) groups is 1. The van der Waals surface area contributed by atoms with Gasteiger partial charge in [-0.3, -0.25) is 14.9 Å². The van der Waals surface area contributed by atoms with Crippen LogP contribution in [-0.4, -0.2) is 70.1 Å². The highest BCUT2D eigenvalue weighted by Crippen LogP contribution is 2.13. The zero-order chi connectivity index (χ0) is 17.6. The molecule has 8 heteroatoms. The molecule has 0 spiro atoms. The van der Waals surface area contributed by atoms with Crippen molar-refractivity contribution in [3.63, 3.8) is 0 Å². The lowest BCUT2D eigenvalue weighted by Crippen LogP contribution is -2.55. The van der Waals surface area contributed by atoms with E-state index in [0.29, 0.717) is 12.4 Å². The first-order valence-electron chi connectivity index (χ1n) is 8.48. The molecule has 0 radical (unpaired) electrons. The Labute approximate surface area is 147 Å². The van der Waals surface area contributed by atoms with E-state index in [0.717, 1.165) is 26.2 Å². The number of hydrogen-bond acceptors (Lipinski definition) is 5. The van der Waals surface area contributed by atoms with E-state index in [4.69, 9.17) is 0 Å². The van der Waals surface area contributed by atoms with E-state index in [2.05, 4.69) is 62.1 Å². The SMILES string of the molecule is CN1CCN(Cc2ccccc2)C(CNC(=O)Nc2cn(C)nn2)C1. The lowest BCUT2D eigenvalue weighted by Gasteiger charge is -2.40. The average Bonchev–Trinajstić information content (AvgIpc) is 3.01. The lowest BCUT2D eigenvalue weighted by molar-refractivity contribution is 0.0844. The number of nitrogens with zero attached hydrogens (tertiary/aromatic N) is 5. The Kier molecular flexibility index (Phi) is 5.62. The Morgan fingerprint density at radius 1 is 1.24 bits per heavy atom. The Balaban J connectivity index is 1.54. The smallest absolute Gasteiger partial charge is 0.320 e. The van der Waals surface area contributed by atoms with Gasteiger partial charge in [-0.1, -0.05) is 35.5 Å². The van der Waals surface area contributed by atoms with Crippen LogP contribution in [0.1, 0.15) is 5.56 Å². The van der Waals surface area contributed by atoms with Gasteiger partial charge >= 0.3 is 6.03 Å². The van der Waals surface area contributed by atoms with Gasteiger partial charge in [0.15, 0.2) is 5.82 Å². The van der Waals surface area contributed by atoms with Crippen LogP contribution >= 0.6 is 0 Å². The van der Waals surface area contributed by atoms with E-state index >= 15 is 0 Å². The first-order valence-corrected chi connectivity index (χ1v) is 8.48. The van der Waals surface area contributed by atoms with Crippen molar-refractivity contribution in [2.24, 2.45) is 7.05 Å². The third-order valence-electron chi connectivity index (χ3n) is 4.38. The highest BCUT2D eigenvalue weighted by Gasteiger charge is 2.25. The normalized spacial score (nSPS) is 18.9. The number of nitrogens with one attached hydrogen (secondary N) is 2. The molecule has 1 atom stereocenters. The molecule has 2 amide bonds. The highest BCUT2D eigenvalue weighted by molar-refractivity contribution is 5.87. The number of piperazine rings is 1. The maximum Gasteiger partial charge on any atom is 0.320 e. The highest BCUT2D eigenvalue weighted by atomic mass is 16.2. The average molecular weight is 343 g/mol. The molecule has 1 saturated heterocycles. The monoisotopic (exact) mass is 343 g/mol. The molecule has 2 N–H and O–H groups in total. The van der Waals surface area contributed by atoms with Gasteiger partial charge in [0.25, 0.3) is 0 Å². The third-order valence-corrected chi connectivity index (χ3v) is 4.38. The summed E-state index contributed by atoms with van der Waals surface area (Å²) in [7, 11) is 3.88. The Morgan fingerprint density at radius 2 is 2.04 bits per heavy atom. The second-order valence-corrected chi connectivity index (χ2v) is 6.48. The van der Waals surface area contributed by atoms with Crippen LogP contribution in [0.2, 0.25) is 0 Å². The summed E-state index contributed by atoms with van der Waals surface area (Å²) in [6, 6.07) is 10.5. The van der Waals surface area contributed by atoms with Crippen LogP contribution in [0.5, 0.6) is 0 Å². The number of anilines is 1. The van der Waals surface area contributed by atoms with Crippen LogP contribution in [0.15, 0.2) is 36.5 Å². The van der Waals surface area contributed by atoms with Crippen molar-refractivity contribution in [1.29, 1.82) is 0 Å². The summed E-state index contributed by atoms with van der Waals surface area (Å²) in [5.74, 6) is 0.446. The predicted octanol–water partition coefficient (Wildman–Crippen LogP) is 0.753. The number of benzene rings is 1. The molecule has 2 heterocycles. The fraction of sp³-hybridized carbons (Fsp3) is 0.471. The van der Waals surface area contributed by atoms with E-state index in [1.165, 1.54) is 5.56 Å². The fourth-order valence-electron chi connectivity index (χ4n) is 3.04. The minimum atomic E-state index is -0.256. The van der Waals surface area contributed by atoms with Crippen molar-refractivity contribution in [2.45, 2.75) is 12.6 Å². The molecular formula is C17H25N7O. The second-order valence-electron chi connectivity index (χ2n) is 6.48. The molecule has 134 valence electrons. The topological polar surface area (TPSA) is 78.3 Å². The zero-order valence-corrected chi connectivity index (χ0v) is 14.7. The van der Waals surface area contributed by atoms with Gasteiger partial charge in [0.1, 0.15) is 0 Å². The molecule has 1 aliphatic rings. The molecule has 25 heavy (non-hydrogen) atoms. The van der Waals surface area contributed by atoms with Crippen LogP contribution < -0.4 is 10.6 Å². The number of carbonyl (C=O) groups excluding carboxylic acids is 1. The van der Waals surface area contributed by atoms with Crippen molar-refractivity contribution in [3.8, 4) is 0 Å². The van der Waals surface area contributed by atoms with Gasteiger partial charge < -0.3 is 10.2 Å². The number of likely N-dealkylation sites (N-methyl/N-ethyl adjacent to an activating group) is 1. The molecule has 1 unspecified atom stereocenters. The zero-order valence-electron chi connectivity index (χ0n) is 14.7. The van der Waals surface area contributed by atoms with Crippen molar-refractivity contribution in [1.82, 2.24) is 30.1 Å². The van der Waals surface area contributed by atoms with Gasteiger partial charge in [0, 0.05) is 45.8 Å². The van der Waals surface area contributed by atoms with Gasteiger partial charge in [-0.2, -0.15) is 0 Å². The fourth-order valence-corrected chi connectivity index (χ4v) is 3.04. The molecule has 1 aromatic heterocycles. The minimum absolute atomic E-state index is 0.256. The molecule has 1 fully saturated rings. The number of amides is 2. The van der Waals surface area contributed by atoms with E-state index in [1.54, 1.807) is 17.9 Å². The maximum atomic E-state index is 12.1.